The number of hydrogen-bond donors (Lipinski definition) is 1. The first kappa shape index (κ1) is 30.3. The molecule has 0 aliphatic rings. The summed E-state index contributed by atoms with van der Waals surface area (Å²) in [5, 5.41) is 10.8. The highest BCUT2D eigenvalue weighted by molar-refractivity contribution is 6.32. The average molecular weight is 608 g/mol. The van der Waals surface area contributed by atoms with E-state index in [1.54, 1.807) is 54.0 Å². The maximum atomic E-state index is 13.6. The Labute approximate surface area is 244 Å². The maximum absolute atomic E-state index is 13.6. The van der Waals surface area contributed by atoms with Gasteiger partial charge in [-0.3, -0.25) is 4.79 Å². The molecule has 4 rings (SSSR count). The first-order chi connectivity index (χ1) is 19.2. The van der Waals surface area contributed by atoms with Gasteiger partial charge in [-0.15, -0.1) is 13.2 Å². The Kier molecular flexibility index (Phi) is 8.61. The van der Waals surface area contributed by atoms with Crippen LogP contribution in [-0.4, -0.2) is 33.4 Å². The van der Waals surface area contributed by atoms with Gasteiger partial charge in [0.05, 0.1) is 16.1 Å². The van der Waals surface area contributed by atoms with Crippen molar-refractivity contribution < 1.29 is 37.3 Å². The number of ether oxygens (including phenoxy) is 2. The molecular formula is C30H26Cl2F3NO5. The molecule has 1 atom stereocenters. The lowest BCUT2D eigenvalue weighted by atomic mass is 10.0. The van der Waals surface area contributed by atoms with Crippen molar-refractivity contribution in [1.29, 1.82) is 0 Å². The fourth-order valence-corrected chi connectivity index (χ4v) is 5.00. The third-order valence-corrected chi connectivity index (χ3v) is 7.28. The molecule has 0 radical (unpaired) electrons. The Morgan fingerprint density at radius 3 is 2.27 bits per heavy atom. The monoisotopic (exact) mass is 607 g/mol. The van der Waals surface area contributed by atoms with Gasteiger partial charge in [0.25, 0.3) is 0 Å². The predicted molar refractivity (Wildman–Crippen MR) is 150 cm³/mol. The minimum atomic E-state index is -4.90. The summed E-state index contributed by atoms with van der Waals surface area (Å²) in [4.78, 5) is 25.5. The lowest BCUT2D eigenvalue weighted by Crippen LogP contribution is -2.41. The van der Waals surface area contributed by atoms with Gasteiger partial charge in [-0.05, 0) is 74.4 Å². The van der Waals surface area contributed by atoms with Crippen molar-refractivity contribution in [3.8, 4) is 11.5 Å². The normalized spacial score (nSPS) is 13.2. The van der Waals surface area contributed by atoms with Crippen molar-refractivity contribution in [3.05, 3.63) is 93.1 Å². The van der Waals surface area contributed by atoms with E-state index in [1.165, 1.54) is 19.1 Å². The summed E-state index contributed by atoms with van der Waals surface area (Å²) >= 11 is 12.3. The van der Waals surface area contributed by atoms with Crippen molar-refractivity contribution in [1.82, 2.24) is 4.57 Å². The van der Waals surface area contributed by atoms with Crippen LogP contribution in [-0.2, 0) is 11.3 Å². The zero-order chi connectivity index (χ0) is 30.1. The van der Waals surface area contributed by atoms with Crippen LogP contribution in [0, 0.1) is 6.92 Å². The summed E-state index contributed by atoms with van der Waals surface area (Å²) in [6, 6.07) is 14.9. The molecule has 41 heavy (non-hydrogen) atoms. The van der Waals surface area contributed by atoms with E-state index in [4.69, 9.17) is 27.9 Å². The van der Waals surface area contributed by atoms with Crippen molar-refractivity contribution in [3.63, 3.8) is 0 Å². The average Bonchev–Trinajstić information content (AvgIpc) is 3.15. The summed E-state index contributed by atoms with van der Waals surface area (Å²) < 4.78 is 50.8. The van der Waals surface area contributed by atoms with Gasteiger partial charge in [0.15, 0.2) is 5.78 Å². The van der Waals surface area contributed by atoms with Crippen LogP contribution < -0.4 is 9.47 Å². The molecule has 0 spiro atoms. The van der Waals surface area contributed by atoms with Gasteiger partial charge in [0, 0.05) is 34.3 Å². The van der Waals surface area contributed by atoms with Gasteiger partial charge in [0.1, 0.15) is 11.5 Å². The Bertz CT molecular complexity index is 1620. The minimum Gasteiger partial charge on any atom is -0.478 e. The maximum Gasteiger partial charge on any atom is 0.573 e. The SMILES string of the molecule is CCCC(C)(Oc1cc(Cn2c(C)c(C(=O)c3ccc(Cl)cc3)c3ccc(OC(F)(F)F)cc32)ccc1Cl)C(=O)O. The zero-order valence-electron chi connectivity index (χ0n) is 22.3. The van der Waals surface area contributed by atoms with Crippen LogP contribution >= 0.6 is 23.2 Å². The highest BCUT2D eigenvalue weighted by Crippen LogP contribution is 2.35. The van der Waals surface area contributed by atoms with Gasteiger partial charge >= 0.3 is 12.3 Å². The van der Waals surface area contributed by atoms with Crippen LogP contribution in [0.25, 0.3) is 10.9 Å². The van der Waals surface area contributed by atoms with E-state index in [0.717, 1.165) is 6.07 Å². The van der Waals surface area contributed by atoms with Crippen LogP contribution in [0.15, 0.2) is 60.7 Å². The number of aromatic nitrogens is 1. The van der Waals surface area contributed by atoms with Crippen molar-refractivity contribution >= 4 is 45.9 Å². The Balaban J connectivity index is 1.82. The molecule has 0 saturated heterocycles. The van der Waals surface area contributed by atoms with E-state index >= 15 is 0 Å². The summed E-state index contributed by atoms with van der Waals surface area (Å²) in [6.07, 6.45) is -4.11. The number of alkyl halides is 3. The molecule has 0 bridgehead atoms. The first-order valence-electron chi connectivity index (χ1n) is 12.6. The second kappa shape index (κ2) is 11.7. The van der Waals surface area contributed by atoms with Crippen LogP contribution in [0.5, 0.6) is 11.5 Å². The predicted octanol–water partition coefficient (Wildman–Crippen LogP) is 8.46. The molecule has 11 heteroatoms. The van der Waals surface area contributed by atoms with Gasteiger partial charge < -0.3 is 19.1 Å². The molecule has 1 aromatic heterocycles. The van der Waals surface area contributed by atoms with E-state index in [-0.39, 0.29) is 29.5 Å². The Morgan fingerprint density at radius 1 is 0.976 bits per heavy atom. The highest BCUT2D eigenvalue weighted by Gasteiger charge is 2.35. The second-order valence-electron chi connectivity index (χ2n) is 9.76. The molecule has 1 heterocycles. The molecule has 3 aromatic carbocycles. The van der Waals surface area contributed by atoms with Crippen molar-refractivity contribution in [2.24, 2.45) is 0 Å². The molecule has 0 saturated carbocycles. The zero-order valence-corrected chi connectivity index (χ0v) is 23.8. The van der Waals surface area contributed by atoms with E-state index in [9.17, 15) is 27.9 Å². The van der Waals surface area contributed by atoms with E-state index in [0.29, 0.717) is 44.7 Å². The first-order valence-corrected chi connectivity index (χ1v) is 13.4. The standard InChI is InChI=1S/C30H26Cl2F3NO5/c1-4-13-29(3,28(38)39)41-25-14-18(5-12-23(25)32)16-36-17(2)26(27(37)19-6-8-20(31)9-7-19)22-11-10-21(15-24(22)36)40-30(33,34)35/h5-12,14-15H,4,13,16H2,1-3H3,(H,38,39). The van der Waals surface area contributed by atoms with Crippen LogP contribution in [0.4, 0.5) is 13.2 Å². The van der Waals surface area contributed by atoms with Crippen LogP contribution in [0.3, 0.4) is 0 Å². The summed E-state index contributed by atoms with van der Waals surface area (Å²) in [5.41, 5.74) is 0.602. The smallest absolute Gasteiger partial charge is 0.478 e. The summed E-state index contributed by atoms with van der Waals surface area (Å²) in [5.74, 6) is -1.76. The molecule has 0 aliphatic carbocycles. The lowest BCUT2D eigenvalue weighted by molar-refractivity contribution is -0.274. The number of ketones is 1. The second-order valence-corrected chi connectivity index (χ2v) is 10.6. The number of benzene rings is 3. The number of fused-ring (bicyclic) bond motifs is 1. The number of aliphatic carboxylic acids is 1. The van der Waals surface area contributed by atoms with Crippen LogP contribution in [0.1, 0.15) is 53.9 Å². The number of carbonyl (C=O) groups excluding carboxylic acids is 1. The summed E-state index contributed by atoms with van der Waals surface area (Å²) in [7, 11) is 0. The van der Waals surface area contributed by atoms with Crippen molar-refractivity contribution in [2.75, 3.05) is 0 Å². The van der Waals surface area contributed by atoms with E-state index < -0.39 is 23.7 Å². The molecule has 216 valence electrons. The lowest BCUT2D eigenvalue weighted by Gasteiger charge is -2.26. The fraction of sp³-hybridized carbons (Fsp3) is 0.267. The molecular weight excluding hydrogens is 582 g/mol. The number of halogens is 5. The Hall–Kier alpha value is -3.69. The number of hydrogen-bond acceptors (Lipinski definition) is 4. The molecule has 0 fully saturated rings. The number of rotatable bonds is 10. The summed E-state index contributed by atoms with van der Waals surface area (Å²) in [6.45, 7) is 5.10. The fourth-order valence-electron chi connectivity index (χ4n) is 4.72. The number of nitrogens with zero attached hydrogens (tertiary/aromatic N) is 1. The molecule has 1 unspecified atom stereocenters. The number of carboxylic acids is 1. The third-order valence-electron chi connectivity index (χ3n) is 6.71. The van der Waals surface area contributed by atoms with Gasteiger partial charge in [0.2, 0.25) is 5.60 Å². The largest absolute Gasteiger partial charge is 0.573 e. The van der Waals surface area contributed by atoms with Gasteiger partial charge in [-0.25, -0.2) is 4.79 Å². The van der Waals surface area contributed by atoms with E-state index in [2.05, 4.69) is 4.74 Å². The van der Waals surface area contributed by atoms with Gasteiger partial charge in [-0.1, -0.05) is 42.6 Å². The number of carbonyl (C=O) groups is 2. The highest BCUT2D eigenvalue weighted by atomic mass is 35.5. The topological polar surface area (TPSA) is 77.8 Å². The number of carboxylic acid groups (broad SMARTS) is 1. The van der Waals surface area contributed by atoms with Crippen molar-refractivity contribution in [2.45, 2.75) is 52.1 Å². The van der Waals surface area contributed by atoms with Crippen LogP contribution in [0.2, 0.25) is 10.0 Å². The van der Waals surface area contributed by atoms with Gasteiger partial charge in [-0.2, -0.15) is 0 Å². The molecule has 1 N–H and O–H groups in total. The minimum absolute atomic E-state index is 0.108. The molecule has 0 amide bonds. The van der Waals surface area contributed by atoms with E-state index in [1.807, 2.05) is 6.92 Å². The Morgan fingerprint density at radius 2 is 1.66 bits per heavy atom. The molecule has 0 aliphatic heterocycles. The molecule has 4 aromatic rings. The third kappa shape index (κ3) is 6.63. The quantitative estimate of drug-likeness (QED) is 0.183. The molecule has 6 nitrogen and oxygen atoms in total.